The van der Waals surface area contributed by atoms with Crippen LogP contribution in [0.2, 0.25) is 0 Å². The van der Waals surface area contributed by atoms with Crippen LogP contribution >= 0.6 is 0 Å². The number of ether oxygens (including phenoxy) is 2. The highest BCUT2D eigenvalue weighted by molar-refractivity contribution is 5.86. The number of aromatic nitrogens is 4. The summed E-state index contributed by atoms with van der Waals surface area (Å²) in [5.74, 6) is 1.25. The Morgan fingerprint density at radius 3 is 2.85 bits per heavy atom. The van der Waals surface area contributed by atoms with Crippen LogP contribution in [-0.4, -0.2) is 39.0 Å². The van der Waals surface area contributed by atoms with Crippen LogP contribution in [0.3, 0.4) is 0 Å². The van der Waals surface area contributed by atoms with E-state index < -0.39 is 0 Å². The van der Waals surface area contributed by atoms with Crippen molar-refractivity contribution >= 4 is 16.6 Å². The first kappa shape index (κ1) is 21.3. The SMILES string of the molecule is [N-]=[N+]=NCOc1nccc2oc(-c3cnc4ccc(OC(CN)Cc5ccccc5)nn34)cc12. The van der Waals surface area contributed by atoms with E-state index in [1.54, 1.807) is 35.1 Å². The number of furan rings is 1. The van der Waals surface area contributed by atoms with Gasteiger partial charge in [-0.3, -0.25) is 0 Å². The molecule has 0 spiro atoms. The molecule has 34 heavy (non-hydrogen) atoms. The number of hydrogen-bond donors (Lipinski definition) is 1. The molecular weight excluding hydrogens is 436 g/mol. The van der Waals surface area contributed by atoms with Crippen LogP contribution < -0.4 is 15.2 Å². The van der Waals surface area contributed by atoms with E-state index in [4.69, 9.17) is 25.2 Å². The van der Waals surface area contributed by atoms with Crippen LogP contribution in [0.4, 0.5) is 0 Å². The minimum absolute atomic E-state index is 0.174. The van der Waals surface area contributed by atoms with Gasteiger partial charge in [0.15, 0.2) is 18.1 Å². The fourth-order valence-electron chi connectivity index (χ4n) is 3.60. The van der Waals surface area contributed by atoms with Gasteiger partial charge in [0.2, 0.25) is 11.8 Å². The van der Waals surface area contributed by atoms with Crippen LogP contribution in [-0.2, 0) is 6.42 Å². The molecule has 4 heterocycles. The van der Waals surface area contributed by atoms with Crippen LogP contribution in [0.5, 0.6) is 11.8 Å². The van der Waals surface area contributed by atoms with E-state index in [0.29, 0.717) is 52.8 Å². The summed E-state index contributed by atoms with van der Waals surface area (Å²) < 4.78 is 19.2. The molecule has 5 rings (SSSR count). The normalized spacial score (nSPS) is 11.9. The summed E-state index contributed by atoms with van der Waals surface area (Å²) >= 11 is 0. The summed E-state index contributed by atoms with van der Waals surface area (Å²) in [5, 5.41) is 8.63. The van der Waals surface area contributed by atoms with E-state index >= 15 is 0 Å². The molecule has 2 N–H and O–H groups in total. The molecule has 1 unspecified atom stereocenters. The van der Waals surface area contributed by atoms with E-state index in [1.165, 1.54) is 0 Å². The molecule has 0 amide bonds. The largest absolute Gasteiger partial charge is 0.472 e. The molecule has 0 radical (unpaired) electrons. The number of nitrogens with two attached hydrogens (primary N) is 1. The molecule has 170 valence electrons. The first-order valence-electron chi connectivity index (χ1n) is 10.5. The Hall–Kier alpha value is -4.60. The fraction of sp³-hybridized carbons (Fsp3) is 0.174. The van der Waals surface area contributed by atoms with Gasteiger partial charge in [-0.1, -0.05) is 35.4 Å². The molecule has 1 atom stereocenters. The molecule has 0 aliphatic carbocycles. The van der Waals surface area contributed by atoms with Crippen molar-refractivity contribution in [1.29, 1.82) is 0 Å². The predicted molar refractivity (Wildman–Crippen MR) is 124 cm³/mol. The van der Waals surface area contributed by atoms with Crippen molar-refractivity contribution in [2.24, 2.45) is 10.8 Å². The molecule has 0 fully saturated rings. The molecule has 0 aliphatic heterocycles. The Balaban J connectivity index is 1.44. The first-order valence-corrected chi connectivity index (χ1v) is 10.5. The van der Waals surface area contributed by atoms with Gasteiger partial charge >= 0.3 is 0 Å². The van der Waals surface area contributed by atoms with E-state index in [2.05, 4.69) is 25.1 Å². The lowest BCUT2D eigenvalue weighted by molar-refractivity contribution is 0.198. The second-order valence-electron chi connectivity index (χ2n) is 7.39. The number of fused-ring (bicyclic) bond motifs is 2. The molecule has 1 aromatic carbocycles. The van der Waals surface area contributed by atoms with Crippen molar-refractivity contribution in [2.45, 2.75) is 12.5 Å². The molecule has 0 bridgehead atoms. The minimum Gasteiger partial charge on any atom is -0.472 e. The van der Waals surface area contributed by atoms with E-state index in [9.17, 15) is 0 Å². The number of nitrogens with zero attached hydrogens (tertiary/aromatic N) is 7. The summed E-state index contributed by atoms with van der Waals surface area (Å²) in [5.41, 5.74) is 17.4. The highest BCUT2D eigenvalue weighted by Gasteiger charge is 2.17. The zero-order valence-corrected chi connectivity index (χ0v) is 18.0. The van der Waals surface area contributed by atoms with Gasteiger partial charge in [0, 0.05) is 36.2 Å². The van der Waals surface area contributed by atoms with Gasteiger partial charge in [-0.05, 0) is 23.2 Å². The number of benzene rings is 1. The second-order valence-corrected chi connectivity index (χ2v) is 7.39. The predicted octanol–water partition coefficient (Wildman–Crippen LogP) is 4.13. The van der Waals surface area contributed by atoms with Crippen LogP contribution in [0, 0.1) is 0 Å². The third-order valence-electron chi connectivity index (χ3n) is 5.18. The number of rotatable bonds is 9. The average Bonchev–Trinajstić information content (AvgIpc) is 3.48. The monoisotopic (exact) mass is 456 g/mol. The highest BCUT2D eigenvalue weighted by Crippen LogP contribution is 2.32. The maximum absolute atomic E-state index is 8.46. The van der Waals surface area contributed by atoms with Gasteiger partial charge in [-0.25, -0.2) is 14.5 Å². The lowest BCUT2D eigenvalue weighted by atomic mass is 10.1. The zero-order chi connectivity index (χ0) is 23.3. The number of hydrogen-bond acceptors (Lipinski definition) is 8. The Morgan fingerprint density at radius 2 is 2.03 bits per heavy atom. The molecule has 4 aromatic heterocycles. The van der Waals surface area contributed by atoms with Gasteiger partial charge < -0.3 is 19.6 Å². The van der Waals surface area contributed by atoms with Crippen LogP contribution in [0.15, 0.2) is 76.5 Å². The van der Waals surface area contributed by atoms with Gasteiger partial charge in [0.1, 0.15) is 17.4 Å². The van der Waals surface area contributed by atoms with Crippen molar-refractivity contribution in [3.05, 3.63) is 83.0 Å². The molecule has 0 saturated carbocycles. The molecular formula is C23H20N8O3. The van der Waals surface area contributed by atoms with E-state index in [1.807, 2.05) is 36.4 Å². The molecule has 0 aliphatic rings. The van der Waals surface area contributed by atoms with Gasteiger partial charge in [-0.2, -0.15) is 0 Å². The number of azide groups is 1. The molecule has 5 aromatic rings. The fourth-order valence-corrected chi connectivity index (χ4v) is 3.60. The smallest absolute Gasteiger partial charge is 0.232 e. The van der Waals surface area contributed by atoms with Gasteiger partial charge in [0.25, 0.3) is 0 Å². The summed E-state index contributed by atoms with van der Waals surface area (Å²) in [6.45, 7) is 0.173. The van der Waals surface area contributed by atoms with Crippen LogP contribution in [0.25, 0.3) is 38.5 Å². The summed E-state index contributed by atoms with van der Waals surface area (Å²) in [7, 11) is 0. The summed E-state index contributed by atoms with van der Waals surface area (Å²) in [6, 6.07) is 17.1. The Labute approximate surface area is 193 Å². The minimum atomic E-state index is -0.229. The number of pyridine rings is 1. The Bertz CT molecular complexity index is 1470. The molecule has 0 saturated heterocycles. The van der Waals surface area contributed by atoms with Gasteiger partial charge in [-0.15, -0.1) is 5.10 Å². The van der Waals surface area contributed by atoms with Crippen LogP contribution in [0.1, 0.15) is 5.56 Å². The summed E-state index contributed by atoms with van der Waals surface area (Å²) in [6.07, 6.45) is 3.66. The quantitative estimate of drug-likeness (QED) is 0.199. The van der Waals surface area contributed by atoms with Crippen molar-refractivity contribution in [3.8, 4) is 23.2 Å². The number of imidazole rings is 1. The maximum atomic E-state index is 8.46. The van der Waals surface area contributed by atoms with E-state index in [-0.39, 0.29) is 12.8 Å². The Kier molecular flexibility index (Phi) is 5.93. The second kappa shape index (κ2) is 9.49. The van der Waals surface area contributed by atoms with Crippen molar-refractivity contribution < 1.29 is 13.9 Å². The summed E-state index contributed by atoms with van der Waals surface area (Å²) in [4.78, 5) is 11.3. The lowest BCUT2D eigenvalue weighted by Crippen LogP contribution is -2.29. The Morgan fingerprint density at radius 1 is 1.15 bits per heavy atom. The lowest BCUT2D eigenvalue weighted by Gasteiger charge is -2.16. The van der Waals surface area contributed by atoms with Crippen molar-refractivity contribution in [2.75, 3.05) is 13.3 Å². The standard InChI is InChI=1S/C23H20N8O3/c24-12-16(10-15-4-2-1-3-5-15)33-22-7-6-21-27-13-18(31(21)29-22)20-11-17-19(34-20)8-9-26-23(17)32-14-28-30-25/h1-9,11,13,16H,10,12,14,24H2. The third kappa shape index (κ3) is 4.33. The maximum Gasteiger partial charge on any atom is 0.232 e. The van der Waals surface area contributed by atoms with Crippen molar-refractivity contribution in [1.82, 2.24) is 19.6 Å². The molecule has 11 heteroatoms. The average molecular weight is 456 g/mol. The third-order valence-corrected chi connectivity index (χ3v) is 5.18. The van der Waals surface area contributed by atoms with Gasteiger partial charge in [0.05, 0.1) is 11.6 Å². The highest BCUT2D eigenvalue weighted by atomic mass is 16.5. The first-order chi connectivity index (χ1) is 16.7. The van der Waals surface area contributed by atoms with Crippen molar-refractivity contribution in [3.63, 3.8) is 0 Å². The van der Waals surface area contributed by atoms with E-state index in [0.717, 1.165) is 5.56 Å². The topological polar surface area (TPSA) is 149 Å². The molecule has 11 nitrogen and oxygen atoms in total. The zero-order valence-electron chi connectivity index (χ0n) is 18.0.